The number of nitrogens with zero attached hydrogens (tertiary/aromatic N) is 3. The molecule has 0 radical (unpaired) electrons. The van der Waals surface area contributed by atoms with Crippen molar-refractivity contribution in [3.05, 3.63) is 29.8 Å². The van der Waals surface area contributed by atoms with Gasteiger partial charge in [-0.3, -0.25) is 5.43 Å². The molecule has 1 aromatic carbocycles. The summed E-state index contributed by atoms with van der Waals surface area (Å²) in [7, 11) is 0. The third-order valence-electron chi connectivity index (χ3n) is 2.26. The van der Waals surface area contributed by atoms with Gasteiger partial charge in [0.25, 0.3) is 0 Å². The van der Waals surface area contributed by atoms with Crippen LogP contribution in [-0.4, -0.2) is 17.4 Å². The van der Waals surface area contributed by atoms with E-state index >= 15 is 0 Å². The minimum absolute atomic E-state index is 0.0388. The number of hydrogen-bond acceptors (Lipinski definition) is 6. The van der Waals surface area contributed by atoms with Crippen molar-refractivity contribution in [2.45, 2.75) is 6.18 Å². The van der Waals surface area contributed by atoms with Crippen LogP contribution >= 0.6 is 0 Å². The van der Waals surface area contributed by atoms with Gasteiger partial charge in [-0.05, 0) is 24.3 Å². The Kier molecular flexibility index (Phi) is 3.11. The Bertz CT molecular complexity index is 550. The quantitative estimate of drug-likeness (QED) is 0.702. The zero-order valence-corrected chi connectivity index (χ0v) is 9.44. The Morgan fingerprint density at radius 1 is 1.00 bits per heavy atom. The van der Waals surface area contributed by atoms with E-state index in [4.69, 9.17) is 11.5 Å². The lowest BCUT2D eigenvalue weighted by molar-refractivity contribution is -0.137. The predicted molar refractivity (Wildman–Crippen MR) is 65.7 cm³/mol. The molecule has 0 saturated carbocycles. The first-order valence-electron chi connectivity index (χ1n) is 5.06. The highest BCUT2D eigenvalue weighted by Crippen LogP contribution is 2.29. The summed E-state index contributed by atoms with van der Waals surface area (Å²) in [5.41, 5.74) is 13.2. The van der Waals surface area contributed by atoms with E-state index in [1.54, 1.807) is 0 Å². The molecule has 0 unspecified atom stereocenters. The highest BCUT2D eigenvalue weighted by atomic mass is 19.4. The van der Waals surface area contributed by atoms with Gasteiger partial charge in [-0.15, -0.1) is 10.2 Å². The highest BCUT2D eigenvalue weighted by molar-refractivity contribution is 6.68. The van der Waals surface area contributed by atoms with Crippen molar-refractivity contribution in [3.8, 4) is 0 Å². The molecule has 1 aliphatic heterocycles. The standard InChI is InChI=1S/C10H9F3N6/c11-10(12,13)5-1-3-6(4-2-5)16-17-7-8(14)18-19-9(7)15/h1-4,16H,(H4,14,15,17,18,19). The molecule has 0 saturated heterocycles. The summed E-state index contributed by atoms with van der Waals surface area (Å²) < 4.78 is 37.0. The van der Waals surface area contributed by atoms with Crippen LogP contribution in [0.4, 0.5) is 18.9 Å². The summed E-state index contributed by atoms with van der Waals surface area (Å²) in [5.74, 6) is 0.0776. The average Bonchev–Trinajstić information content (AvgIpc) is 2.66. The summed E-state index contributed by atoms with van der Waals surface area (Å²) >= 11 is 0. The van der Waals surface area contributed by atoms with Crippen LogP contribution in [0.25, 0.3) is 0 Å². The van der Waals surface area contributed by atoms with Gasteiger partial charge in [0.15, 0.2) is 17.4 Å². The minimum atomic E-state index is -4.37. The van der Waals surface area contributed by atoms with Crippen LogP contribution in [0, 0.1) is 0 Å². The summed E-state index contributed by atoms with van der Waals surface area (Å²) in [6.07, 6.45) is -4.37. The van der Waals surface area contributed by atoms with Crippen LogP contribution in [0.1, 0.15) is 5.56 Å². The number of halogens is 3. The van der Waals surface area contributed by atoms with Gasteiger partial charge in [-0.1, -0.05) is 0 Å². The molecule has 0 aromatic heterocycles. The third kappa shape index (κ3) is 2.81. The minimum Gasteiger partial charge on any atom is -0.380 e. The van der Waals surface area contributed by atoms with Gasteiger partial charge >= 0.3 is 6.18 Å². The molecule has 0 bridgehead atoms. The molecule has 1 heterocycles. The molecule has 0 fully saturated rings. The van der Waals surface area contributed by atoms with E-state index in [-0.39, 0.29) is 17.4 Å². The van der Waals surface area contributed by atoms with E-state index in [0.717, 1.165) is 12.1 Å². The van der Waals surface area contributed by atoms with Crippen LogP contribution < -0.4 is 16.9 Å². The molecule has 5 N–H and O–H groups in total. The van der Waals surface area contributed by atoms with Gasteiger partial charge in [0.2, 0.25) is 0 Å². The second-order valence-electron chi connectivity index (χ2n) is 3.62. The van der Waals surface area contributed by atoms with Gasteiger partial charge in [0.1, 0.15) is 0 Å². The lowest BCUT2D eigenvalue weighted by Gasteiger charge is -2.07. The Morgan fingerprint density at radius 2 is 1.53 bits per heavy atom. The van der Waals surface area contributed by atoms with Crippen LogP contribution in [0.2, 0.25) is 0 Å². The number of anilines is 1. The van der Waals surface area contributed by atoms with Crippen LogP contribution in [0.15, 0.2) is 39.6 Å². The molecule has 0 atom stereocenters. The molecule has 1 aliphatic rings. The second-order valence-corrected chi connectivity index (χ2v) is 3.62. The summed E-state index contributed by atoms with van der Waals surface area (Å²) in [6, 6.07) is 4.35. The van der Waals surface area contributed by atoms with Gasteiger partial charge in [0, 0.05) is 0 Å². The maximum atomic E-state index is 12.3. The van der Waals surface area contributed by atoms with Crippen LogP contribution in [-0.2, 0) is 6.18 Å². The Labute approximate surface area is 105 Å². The fourth-order valence-electron chi connectivity index (χ4n) is 1.30. The molecule has 9 heteroatoms. The molecular weight excluding hydrogens is 261 g/mol. The predicted octanol–water partition coefficient (Wildman–Crippen LogP) is 1.12. The lowest BCUT2D eigenvalue weighted by Crippen LogP contribution is -2.32. The van der Waals surface area contributed by atoms with Crippen molar-refractivity contribution in [2.75, 3.05) is 5.43 Å². The Hall–Kier alpha value is -2.58. The Morgan fingerprint density at radius 3 is 2.00 bits per heavy atom. The molecule has 0 spiro atoms. The molecule has 1 aromatic rings. The number of hydrogen-bond donors (Lipinski definition) is 3. The van der Waals surface area contributed by atoms with Crippen molar-refractivity contribution in [1.82, 2.24) is 0 Å². The van der Waals surface area contributed by atoms with Crippen molar-refractivity contribution in [1.29, 1.82) is 0 Å². The second kappa shape index (κ2) is 4.59. The van der Waals surface area contributed by atoms with Gasteiger partial charge < -0.3 is 11.5 Å². The normalized spacial score (nSPS) is 15.0. The van der Waals surface area contributed by atoms with E-state index in [1.807, 2.05) is 0 Å². The molecule has 0 aliphatic carbocycles. The van der Waals surface area contributed by atoms with E-state index in [9.17, 15) is 13.2 Å². The average molecular weight is 270 g/mol. The number of nitrogens with two attached hydrogens (primary N) is 2. The van der Waals surface area contributed by atoms with E-state index in [0.29, 0.717) is 5.69 Å². The molecule has 6 nitrogen and oxygen atoms in total. The van der Waals surface area contributed by atoms with Crippen LogP contribution in [0.5, 0.6) is 0 Å². The summed E-state index contributed by atoms with van der Waals surface area (Å²) in [4.78, 5) is 0. The van der Waals surface area contributed by atoms with E-state index in [2.05, 4.69) is 20.7 Å². The topological polar surface area (TPSA) is 101 Å². The first-order valence-corrected chi connectivity index (χ1v) is 5.06. The van der Waals surface area contributed by atoms with Gasteiger partial charge in [-0.25, -0.2) is 0 Å². The smallest absolute Gasteiger partial charge is 0.380 e. The maximum Gasteiger partial charge on any atom is 0.416 e. The number of hydrazone groups is 1. The monoisotopic (exact) mass is 270 g/mol. The molecule has 100 valence electrons. The molecule has 2 rings (SSSR count). The summed E-state index contributed by atoms with van der Waals surface area (Å²) in [5, 5.41) is 10.8. The zero-order valence-electron chi connectivity index (χ0n) is 9.44. The highest BCUT2D eigenvalue weighted by Gasteiger charge is 2.29. The first kappa shape index (κ1) is 12.9. The number of alkyl halides is 3. The fraction of sp³-hybridized carbons (Fsp3) is 0.100. The van der Waals surface area contributed by atoms with Crippen molar-refractivity contribution >= 4 is 23.1 Å². The summed E-state index contributed by atoms with van der Waals surface area (Å²) in [6.45, 7) is 0. The fourth-order valence-corrected chi connectivity index (χ4v) is 1.30. The molecular formula is C10H9F3N6. The molecule has 0 amide bonds. The first-order chi connectivity index (χ1) is 8.88. The van der Waals surface area contributed by atoms with E-state index < -0.39 is 11.7 Å². The number of benzene rings is 1. The molecule has 19 heavy (non-hydrogen) atoms. The third-order valence-corrected chi connectivity index (χ3v) is 2.26. The van der Waals surface area contributed by atoms with E-state index in [1.165, 1.54) is 12.1 Å². The van der Waals surface area contributed by atoms with Crippen molar-refractivity contribution < 1.29 is 13.2 Å². The zero-order chi connectivity index (χ0) is 14.0. The van der Waals surface area contributed by atoms with Crippen molar-refractivity contribution in [2.24, 2.45) is 26.8 Å². The van der Waals surface area contributed by atoms with Crippen LogP contribution in [0.3, 0.4) is 0 Å². The maximum absolute atomic E-state index is 12.3. The lowest BCUT2D eigenvalue weighted by atomic mass is 10.2. The van der Waals surface area contributed by atoms with Gasteiger partial charge in [-0.2, -0.15) is 18.3 Å². The SMILES string of the molecule is NC1=NN=C(N)C1=NNc1ccc(C(F)(F)F)cc1. The number of amidine groups is 2. The largest absolute Gasteiger partial charge is 0.416 e. The van der Waals surface area contributed by atoms with Crippen molar-refractivity contribution in [3.63, 3.8) is 0 Å². The number of rotatable bonds is 2. The Balaban J connectivity index is 2.11. The van der Waals surface area contributed by atoms with Gasteiger partial charge in [0.05, 0.1) is 11.3 Å². The number of nitrogens with one attached hydrogen (secondary N) is 1.